The molecule has 1 heterocycles. The lowest BCUT2D eigenvalue weighted by atomic mass is 10.00. The number of H-pyrrole nitrogens is 1. The van der Waals surface area contributed by atoms with Gasteiger partial charge in [-0.2, -0.15) is 0 Å². The summed E-state index contributed by atoms with van der Waals surface area (Å²) >= 11 is 0. The highest BCUT2D eigenvalue weighted by Gasteiger charge is 2.21. The summed E-state index contributed by atoms with van der Waals surface area (Å²) in [6.45, 7) is -0.677. The van der Waals surface area contributed by atoms with Crippen LogP contribution < -0.4 is 17.0 Å². The van der Waals surface area contributed by atoms with Gasteiger partial charge in [-0.05, 0) is 23.6 Å². The molecular formula is C21H19N3O5. The lowest BCUT2D eigenvalue weighted by Gasteiger charge is -2.11. The molecule has 8 heteroatoms. The lowest BCUT2D eigenvalue weighted by Crippen LogP contribution is -2.35. The van der Waals surface area contributed by atoms with E-state index in [9.17, 15) is 19.2 Å². The Morgan fingerprint density at radius 2 is 1.69 bits per heavy atom. The zero-order valence-electron chi connectivity index (χ0n) is 15.7. The summed E-state index contributed by atoms with van der Waals surface area (Å²) in [6, 6.07) is 16.5. The van der Waals surface area contributed by atoms with E-state index in [1.54, 1.807) is 18.2 Å². The first-order valence-corrected chi connectivity index (χ1v) is 8.79. The number of aromatic nitrogens is 2. The number of ketones is 1. The second kappa shape index (κ2) is 8.39. The van der Waals surface area contributed by atoms with E-state index in [1.165, 1.54) is 7.05 Å². The van der Waals surface area contributed by atoms with Crippen molar-refractivity contribution in [3.63, 3.8) is 0 Å². The van der Waals surface area contributed by atoms with Gasteiger partial charge in [0, 0.05) is 7.05 Å². The zero-order chi connectivity index (χ0) is 21.0. The van der Waals surface area contributed by atoms with Crippen molar-refractivity contribution in [2.45, 2.75) is 6.42 Å². The normalized spacial score (nSPS) is 10.5. The van der Waals surface area contributed by atoms with E-state index < -0.39 is 35.2 Å². The van der Waals surface area contributed by atoms with Crippen molar-refractivity contribution in [1.29, 1.82) is 0 Å². The molecule has 3 N–H and O–H groups in total. The third-order valence-electron chi connectivity index (χ3n) is 4.46. The molecule has 0 bridgehead atoms. The van der Waals surface area contributed by atoms with Gasteiger partial charge >= 0.3 is 11.7 Å². The molecule has 29 heavy (non-hydrogen) atoms. The molecule has 0 saturated carbocycles. The number of carbonyl (C=O) groups excluding carboxylic acids is 2. The summed E-state index contributed by atoms with van der Waals surface area (Å²) in [4.78, 5) is 50.3. The molecule has 0 aliphatic carbocycles. The number of nitrogens with one attached hydrogen (secondary N) is 1. The molecule has 3 aromatic rings. The Morgan fingerprint density at radius 1 is 1.03 bits per heavy atom. The number of nitrogen functional groups attached to an aromatic ring is 1. The second-order valence-corrected chi connectivity index (χ2v) is 6.40. The number of Topliss-reactive ketones (excluding diaryl/α,β-unsaturated/α-hetero) is 1. The number of hydrogen-bond acceptors (Lipinski definition) is 6. The van der Waals surface area contributed by atoms with Crippen LogP contribution in [-0.4, -0.2) is 27.9 Å². The van der Waals surface area contributed by atoms with Gasteiger partial charge in [-0.3, -0.25) is 19.1 Å². The first-order chi connectivity index (χ1) is 13.9. The summed E-state index contributed by atoms with van der Waals surface area (Å²) in [5.41, 5.74) is 5.71. The molecule has 0 aliphatic rings. The molecule has 2 aromatic carbocycles. The molecule has 0 saturated heterocycles. The Hall–Kier alpha value is -3.94. The molecule has 1 aromatic heterocycles. The van der Waals surface area contributed by atoms with Crippen molar-refractivity contribution in [2.75, 3.05) is 12.3 Å². The van der Waals surface area contributed by atoms with Crippen LogP contribution in [-0.2, 0) is 18.2 Å². The number of carbonyl (C=O) groups is 2. The van der Waals surface area contributed by atoms with Crippen LogP contribution in [0.2, 0.25) is 0 Å². The largest absolute Gasteiger partial charge is 0.454 e. The number of anilines is 1. The highest BCUT2D eigenvalue weighted by atomic mass is 16.5. The minimum atomic E-state index is -0.920. The van der Waals surface area contributed by atoms with Crippen LogP contribution in [0.25, 0.3) is 0 Å². The van der Waals surface area contributed by atoms with Gasteiger partial charge < -0.3 is 10.5 Å². The molecule has 148 valence electrons. The molecule has 0 radical (unpaired) electrons. The van der Waals surface area contributed by atoms with E-state index in [4.69, 9.17) is 10.5 Å². The number of hydrogen-bond donors (Lipinski definition) is 2. The summed E-state index contributed by atoms with van der Waals surface area (Å²) in [7, 11) is 1.32. The summed E-state index contributed by atoms with van der Waals surface area (Å²) in [6.07, 6.45) is 0.521. The maximum atomic E-state index is 12.5. The van der Waals surface area contributed by atoms with Crippen LogP contribution in [0.3, 0.4) is 0 Å². The minimum Gasteiger partial charge on any atom is -0.454 e. The van der Waals surface area contributed by atoms with E-state index in [1.807, 2.05) is 41.4 Å². The number of nitrogens with two attached hydrogens (primary N) is 1. The molecule has 0 fully saturated rings. The van der Waals surface area contributed by atoms with Crippen molar-refractivity contribution in [2.24, 2.45) is 7.05 Å². The quantitative estimate of drug-likeness (QED) is 0.480. The maximum Gasteiger partial charge on any atom is 0.338 e. The average Bonchev–Trinajstić information content (AvgIpc) is 2.71. The summed E-state index contributed by atoms with van der Waals surface area (Å²) in [5, 5.41) is 0. The van der Waals surface area contributed by atoms with Crippen molar-refractivity contribution in [3.05, 3.63) is 97.7 Å². The van der Waals surface area contributed by atoms with Crippen molar-refractivity contribution in [3.8, 4) is 0 Å². The van der Waals surface area contributed by atoms with Gasteiger partial charge in [-0.1, -0.05) is 48.5 Å². The van der Waals surface area contributed by atoms with Crippen molar-refractivity contribution < 1.29 is 14.3 Å². The number of nitrogens with zero attached hydrogens (tertiary/aromatic N) is 1. The number of rotatable bonds is 6. The monoisotopic (exact) mass is 393 g/mol. The van der Waals surface area contributed by atoms with E-state index in [0.29, 0.717) is 12.0 Å². The first kappa shape index (κ1) is 19.8. The fraction of sp³-hybridized carbons (Fsp3) is 0.143. The van der Waals surface area contributed by atoms with Crippen LogP contribution in [0, 0.1) is 0 Å². The topological polar surface area (TPSA) is 124 Å². The number of benzene rings is 2. The van der Waals surface area contributed by atoms with Gasteiger partial charge in [0.25, 0.3) is 5.56 Å². The smallest absolute Gasteiger partial charge is 0.338 e. The van der Waals surface area contributed by atoms with Gasteiger partial charge in [0.15, 0.2) is 6.61 Å². The van der Waals surface area contributed by atoms with Gasteiger partial charge in [-0.25, -0.2) is 9.59 Å². The van der Waals surface area contributed by atoms with E-state index in [-0.39, 0.29) is 5.82 Å². The third-order valence-corrected chi connectivity index (χ3v) is 4.46. The van der Waals surface area contributed by atoms with Gasteiger partial charge in [0.05, 0.1) is 5.56 Å². The summed E-state index contributed by atoms with van der Waals surface area (Å²) in [5.74, 6) is -1.78. The molecule has 8 nitrogen and oxygen atoms in total. The van der Waals surface area contributed by atoms with Crippen LogP contribution in [0.15, 0.2) is 64.2 Å². The predicted octanol–water partition coefficient (Wildman–Crippen LogP) is 1.29. The van der Waals surface area contributed by atoms with E-state index >= 15 is 0 Å². The lowest BCUT2D eigenvalue weighted by molar-refractivity contribution is 0.0473. The standard InChI is InChI=1S/C21H19N3O5/c1-24-18(22)17(19(26)23-21(24)28)16(25)12-29-20(27)15-10-6-5-9-14(15)11-13-7-3-2-4-8-13/h2-10H,11-12,22H2,1H3,(H,23,26,28). The van der Waals surface area contributed by atoms with Gasteiger partial charge in [0.1, 0.15) is 11.4 Å². The van der Waals surface area contributed by atoms with E-state index in [2.05, 4.69) is 0 Å². The summed E-state index contributed by atoms with van der Waals surface area (Å²) < 4.78 is 6.05. The third kappa shape index (κ3) is 4.32. The van der Waals surface area contributed by atoms with Crippen LogP contribution in [0.4, 0.5) is 5.82 Å². The predicted molar refractivity (Wildman–Crippen MR) is 107 cm³/mol. The Balaban J connectivity index is 1.77. The molecule has 0 aliphatic heterocycles. The zero-order valence-corrected chi connectivity index (χ0v) is 15.7. The van der Waals surface area contributed by atoms with Gasteiger partial charge in [0.2, 0.25) is 5.78 Å². The van der Waals surface area contributed by atoms with Crippen LogP contribution in [0.1, 0.15) is 31.8 Å². The maximum absolute atomic E-state index is 12.5. The average molecular weight is 393 g/mol. The highest BCUT2D eigenvalue weighted by Crippen LogP contribution is 2.16. The Labute approximate surface area is 165 Å². The van der Waals surface area contributed by atoms with Crippen LogP contribution >= 0.6 is 0 Å². The molecule has 0 spiro atoms. The number of ether oxygens (including phenoxy) is 1. The Kier molecular flexibility index (Phi) is 5.73. The highest BCUT2D eigenvalue weighted by molar-refractivity contribution is 6.02. The van der Waals surface area contributed by atoms with Gasteiger partial charge in [-0.15, -0.1) is 0 Å². The minimum absolute atomic E-state index is 0.288. The SMILES string of the molecule is Cn1c(N)c(C(=O)COC(=O)c2ccccc2Cc2ccccc2)c(=O)[nH]c1=O. The van der Waals surface area contributed by atoms with Crippen molar-refractivity contribution >= 4 is 17.6 Å². The Bertz CT molecular complexity index is 1180. The van der Waals surface area contributed by atoms with Crippen molar-refractivity contribution in [1.82, 2.24) is 9.55 Å². The first-order valence-electron chi connectivity index (χ1n) is 8.79. The molecule has 0 atom stereocenters. The fourth-order valence-corrected chi connectivity index (χ4v) is 2.88. The van der Waals surface area contributed by atoms with Crippen LogP contribution in [0.5, 0.6) is 0 Å². The fourth-order valence-electron chi connectivity index (χ4n) is 2.88. The second-order valence-electron chi connectivity index (χ2n) is 6.40. The Morgan fingerprint density at radius 3 is 2.41 bits per heavy atom. The number of aromatic amines is 1. The van der Waals surface area contributed by atoms with E-state index in [0.717, 1.165) is 15.7 Å². The molecule has 0 amide bonds. The molecular weight excluding hydrogens is 374 g/mol. The number of esters is 1. The molecule has 0 unspecified atom stereocenters. The molecule has 3 rings (SSSR count).